The number of ether oxygens (including phenoxy) is 4. The lowest BCUT2D eigenvalue weighted by molar-refractivity contribution is -0.0442. The number of hydrogen-bond acceptors (Lipinski definition) is 7. The van der Waals surface area contributed by atoms with Gasteiger partial charge in [0, 0.05) is 0 Å². The van der Waals surface area contributed by atoms with E-state index in [-0.39, 0.29) is 6.61 Å². The van der Waals surface area contributed by atoms with E-state index in [0.29, 0.717) is 16.7 Å². The summed E-state index contributed by atoms with van der Waals surface area (Å²) in [7, 11) is 0. The number of esters is 3. The molecule has 0 N–H and O–H groups in total. The second-order valence-corrected chi connectivity index (χ2v) is 7.82. The molecule has 1 saturated heterocycles. The van der Waals surface area contributed by atoms with Crippen LogP contribution in [0.2, 0.25) is 0 Å². The molecule has 1 aliphatic heterocycles. The molecule has 3 aromatic rings. The molecule has 0 aliphatic carbocycles. The van der Waals surface area contributed by atoms with E-state index < -0.39 is 42.3 Å². The Hall–Kier alpha value is -3.97. The van der Waals surface area contributed by atoms with E-state index in [4.69, 9.17) is 18.9 Å². The topological polar surface area (TPSA) is 88.1 Å². The fourth-order valence-corrected chi connectivity index (χ4v) is 3.70. The van der Waals surface area contributed by atoms with Crippen LogP contribution in [0.15, 0.2) is 91.0 Å². The van der Waals surface area contributed by atoms with Gasteiger partial charge in [-0.3, -0.25) is 0 Å². The third-order valence-electron chi connectivity index (χ3n) is 5.44. The van der Waals surface area contributed by atoms with Gasteiger partial charge in [0.2, 0.25) is 0 Å². The smallest absolute Gasteiger partial charge is 0.338 e. The summed E-state index contributed by atoms with van der Waals surface area (Å²) in [6.45, 7) is 1.54. The summed E-state index contributed by atoms with van der Waals surface area (Å²) in [5.74, 6) is -1.69. The SMILES string of the molecule is C[C@H]1O[C@@H](COC(=O)c2ccccc2)[C@@H](OC(=O)c2ccccc2)C1OC(=O)c1ccccc1. The van der Waals surface area contributed by atoms with Crippen molar-refractivity contribution < 1.29 is 33.3 Å². The Bertz CT molecular complexity index is 1120. The van der Waals surface area contributed by atoms with Gasteiger partial charge in [-0.1, -0.05) is 54.6 Å². The summed E-state index contributed by atoms with van der Waals surface area (Å²) in [6, 6.07) is 25.5. The Kier molecular flexibility index (Phi) is 7.34. The van der Waals surface area contributed by atoms with Crippen LogP contribution in [0, 0.1) is 0 Å². The van der Waals surface area contributed by atoms with Crippen LogP contribution in [0.3, 0.4) is 0 Å². The Labute approximate surface area is 197 Å². The average Bonchev–Trinajstić information content (AvgIpc) is 3.17. The van der Waals surface area contributed by atoms with Crippen molar-refractivity contribution in [3.8, 4) is 0 Å². The quantitative estimate of drug-likeness (QED) is 0.388. The molecular weight excluding hydrogens is 436 g/mol. The summed E-state index contributed by atoms with van der Waals surface area (Å²) in [6.07, 6.45) is -3.27. The van der Waals surface area contributed by atoms with Gasteiger partial charge in [0.15, 0.2) is 12.2 Å². The van der Waals surface area contributed by atoms with E-state index in [1.807, 2.05) is 0 Å². The molecule has 7 nitrogen and oxygen atoms in total. The first-order valence-corrected chi connectivity index (χ1v) is 10.9. The van der Waals surface area contributed by atoms with Gasteiger partial charge in [-0.2, -0.15) is 0 Å². The number of benzene rings is 3. The molecule has 0 saturated carbocycles. The van der Waals surface area contributed by atoms with Crippen molar-refractivity contribution in [1.82, 2.24) is 0 Å². The van der Waals surface area contributed by atoms with Gasteiger partial charge < -0.3 is 18.9 Å². The Morgan fingerprint density at radius 1 is 0.647 bits per heavy atom. The first kappa shape index (κ1) is 23.2. The molecule has 0 aromatic heterocycles. The molecule has 1 unspecified atom stereocenters. The van der Waals surface area contributed by atoms with Crippen LogP contribution in [0.25, 0.3) is 0 Å². The van der Waals surface area contributed by atoms with Gasteiger partial charge in [0.1, 0.15) is 12.7 Å². The summed E-state index contributed by atoms with van der Waals surface area (Å²) in [5.41, 5.74) is 1.09. The van der Waals surface area contributed by atoms with Crippen molar-refractivity contribution in [2.24, 2.45) is 0 Å². The lowest BCUT2D eigenvalue weighted by atomic mass is 10.1. The van der Waals surface area contributed by atoms with Crippen molar-refractivity contribution in [1.29, 1.82) is 0 Å². The van der Waals surface area contributed by atoms with E-state index in [9.17, 15) is 14.4 Å². The summed E-state index contributed by atoms with van der Waals surface area (Å²) >= 11 is 0. The number of carbonyl (C=O) groups is 3. The lowest BCUT2D eigenvalue weighted by Crippen LogP contribution is -2.41. The van der Waals surface area contributed by atoms with E-state index >= 15 is 0 Å². The zero-order chi connectivity index (χ0) is 23.9. The van der Waals surface area contributed by atoms with Gasteiger partial charge in [-0.05, 0) is 43.3 Å². The molecule has 4 atom stereocenters. The molecular formula is C27H24O7. The van der Waals surface area contributed by atoms with E-state index in [1.54, 1.807) is 97.9 Å². The summed E-state index contributed by atoms with van der Waals surface area (Å²) in [4.78, 5) is 37.9. The second-order valence-electron chi connectivity index (χ2n) is 7.82. The van der Waals surface area contributed by atoms with E-state index in [1.165, 1.54) is 0 Å². The van der Waals surface area contributed by atoms with Crippen LogP contribution in [-0.2, 0) is 18.9 Å². The Morgan fingerprint density at radius 3 is 1.53 bits per heavy atom. The number of rotatable bonds is 7. The lowest BCUT2D eigenvalue weighted by Gasteiger charge is -2.24. The zero-order valence-corrected chi connectivity index (χ0v) is 18.5. The third kappa shape index (κ3) is 5.50. The van der Waals surface area contributed by atoms with Crippen LogP contribution >= 0.6 is 0 Å². The second kappa shape index (κ2) is 10.8. The third-order valence-corrected chi connectivity index (χ3v) is 5.44. The predicted octanol–water partition coefficient (Wildman–Crippen LogP) is 4.08. The van der Waals surface area contributed by atoms with E-state index in [2.05, 4.69) is 0 Å². The molecule has 1 fully saturated rings. The summed E-state index contributed by atoms with van der Waals surface area (Å²) < 4.78 is 22.8. The maximum atomic E-state index is 12.8. The van der Waals surface area contributed by atoms with Crippen molar-refractivity contribution >= 4 is 17.9 Å². The molecule has 0 radical (unpaired) electrons. The number of hydrogen-bond donors (Lipinski definition) is 0. The molecule has 1 heterocycles. The van der Waals surface area contributed by atoms with Crippen molar-refractivity contribution in [3.05, 3.63) is 108 Å². The molecule has 34 heavy (non-hydrogen) atoms. The minimum Gasteiger partial charge on any atom is -0.459 e. The average molecular weight is 460 g/mol. The van der Waals surface area contributed by atoms with Crippen molar-refractivity contribution in [3.63, 3.8) is 0 Å². The van der Waals surface area contributed by atoms with Crippen LogP contribution in [0.1, 0.15) is 38.0 Å². The normalized spacial score (nSPS) is 21.4. The zero-order valence-electron chi connectivity index (χ0n) is 18.5. The number of carbonyl (C=O) groups excluding carboxylic acids is 3. The minimum absolute atomic E-state index is 0.176. The van der Waals surface area contributed by atoms with Gasteiger partial charge in [-0.25, -0.2) is 14.4 Å². The highest BCUT2D eigenvalue weighted by atomic mass is 16.6. The Balaban J connectivity index is 1.51. The maximum Gasteiger partial charge on any atom is 0.338 e. The largest absolute Gasteiger partial charge is 0.459 e. The highest BCUT2D eigenvalue weighted by Gasteiger charge is 2.48. The van der Waals surface area contributed by atoms with Gasteiger partial charge in [-0.15, -0.1) is 0 Å². The molecule has 1 aliphatic rings. The Morgan fingerprint density at radius 2 is 1.06 bits per heavy atom. The molecule has 3 aromatic carbocycles. The van der Waals surface area contributed by atoms with Crippen LogP contribution in [-0.4, -0.2) is 48.9 Å². The highest BCUT2D eigenvalue weighted by molar-refractivity contribution is 5.91. The van der Waals surface area contributed by atoms with Crippen molar-refractivity contribution in [2.45, 2.75) is 31.3 Å². The van der Waals surface area contributed by atoms with Crippen LogP contribution < -0.4 is 0 Å². The fraction of sp³-hybridized carbons (Fsp3) is 0.222. The van der Waals surface area contributed by atoms with Crippen LogP contribution in [0.4, 0.5) is 0 Å². The molecule has 7 heteroatoms. The molecule has 0 amide bonds. The molecule has 0 bridgehead atoms. The van der Waals surface area contributed by atoms with E-state index in [0.717, 1.165) is 0 Å². The highest BCUT2D eigenvalue weighted by Crippen LogP contribution is 2.29. The maximum absolute atomic E-state index is 12.8. The van der Waals surface area contributed by atoms with Gasteiger partial charge >= 0.3 is 17.9 Å². The first-order valence-electron chi connectivity index (χ1n) is 10.9. The summed E-state index contributed by atoms with van der Waals surface area (Å²) in [5, 5.41) is 0. The van der Waals surface area contributed by atoms with Crippen molar-refractivity contribution in [2.75, 3.05) is 6.61 Å². The van der Waals surface area contributed by atoms with Crippen LogP contribution in [0.5, 0.6) is 0 Å². The van der Waals surface area contributed by atoms with Gasteiger partial charge in [0.25, 0.3) is 0 Å². The first-order chi connectivity index (χ1) is 16.5. The van der Waals surface area contributed by atoms with Gasteiger partial charge in [0.05, 0.1) is 22.8 Å². The molecule has 174 valence electrons. The minimum atomic E-state index is -0.973. The predicted molar refractivity (Wildman–Crippen MR) is 122 cm³/mol. The standard InChI is InChI=1S/C27H24O7/c1-18-23(33-26(29)20-13-7-3-8-14-20)24(34-27(30)21-15-9-4-10-16-21)22(32-18)17-31-25(28)19-11-5-2-6-12-19/h2-16,18,22-24H,17H2,1H3/t18-,22+,23?,24-/m1/s1. The monoisotopic (exact) mass is 460 g/mol. The fourth-order valence-electron chi connectivity index (χ4n) is 3.70. The molecule has 4 rings (SSSR count). The molecule has 0 spiro atoms.